The minimum atomic E-state index is -0.414. The second-order valence-electron chi connectivity index (χ2n) is 6.51. The number of nitrogens with two attached hydrogens (primary N) is 1. The van der Waals surface area contributed by atoms with E-state index in [9.17, 15) is 9.59 Å². The van der Waals surface area contributed by atoms with Crippen LogP contribution in [0.15, 0.2) is 48.5 Å². The van der Waals surface area contributed by atoms with Gasteiger partial charge in [0.1, 0.15) is 6.61 Å². The Bertz CT molecular complexity index is 761. The summed E-state index contributed by atoms with van der Waals surface area (Å²) in [5.41, 5.74) is 10.0. The molecule has 2 aromatic rings. The number of hydrogen-bond acceptors (Lipinski definition) is 4. The van der Waals surface area contributed by atoms with Crippen LogP contribution in [0.25, 0.3) is 11.1 Å². The number of unbranched alkanes of at least 4 members (excludes halogenated alkanes) is 1. The van der Waals surface area contributed by atoms with Crippen LogP contribution in [0.4, 0.5) is 4.79 Å². The van der Waals surface area contributed by atoms with Crippen LogP contribution in [0, 0.1) is 0 Å². The summed E-state index contributed by atoms with van der Waals surface area (Å²) in [4.78, 5) is 23.0. The van der Waals surface area contributed by atoms with Crippen LogP contribution in [0.3, 0.4) is 0 Å². The molecule has 27 heavy (non-hydrogen) atoms. The summed E-state index contributed by atoms with van der Waals surface area (Å²) in [6, 6.07) is 16.5. The van der Waals surface area contributed by atoms with E-state index in [-0.39, 0.29) is 18.4 Å². The molecule has 1 aliphatic rings. The van der Waals surface area contributed by atoms with Gasteiger partial charge in [0.2, 0.25) is 5.91 Å². The first kappa shape index (κ1) is 18.9. The number of amides is 2. The number of carbonyl (C=O) groups excluding carboxylic acids is 2. The van der Waals surface area contributed by atoms with E-state index in [2.05, 4.69) is 34.9 Å². The van der Waals surface area contributed by atoms with Crippen molar-refractivity contribution in [2.24, 2.45) is 5.73 Å². The molecular formula is C21H25N3O3. The van der Waals surface area contributed by atoms with Gasteiger partial charge in [-0.3, -0.25) is 4.79 Å². The molecule has 0 heterocycles. The smallest absolute Gasteiger partial charge is 0.407 e. The normalized spacial score (nSPS) is 12.2. The van der Waals surface area contributed by atoms with Gasteiger partial charge >= 0.3 is 6.09 Å². The maximum Gasteiger partial charge on any atom is 0.407 e. The van der Waals surface area contributed by atoms with Gasteiger partial charge in [0.15, 0.2) is 0 Å². The molecule has 0 fully saturated rings. The molecule has 0 aromatic heterocycles. The first-order valence-electron chi connectivity index (χ1n) is 9.26. The highest BCUT2D eigenvalue weighted by Crippen LogP contribution is 2.44. The quantitative estimate of drug-likeness (QED) is 0.625. The minimum Gasteiger partial charge on any atom is -0.449 e. The van der Waals surface area contributed by atoms with Crippen LogP contribution in [0.5, 0.6) is 0 Å². The number of nitrogens with one attached hydrogen (secondary N) is 2. The van der Waals surface area contributed by atoms with Crippen molar-refractivity contribution < 1.29 is 14.3 Å². The molecule has 0 saturated heterocycles. The lowest BCUT2D eigenvalue weighted by Crippen LogP contribution is -2.31. The lowest BCUT2D eigenvalue weighted by molar-refractivity contribution is -0.119. The molecule has 4 N–H and O–H groups in total. The third kappa shape index (κ3) is 4.65. The monoisotopic (exact) mass is 367 g/mol. The van der Waals surface area contributed by atoms with E-state index in [0.717, 1.165) is 12.8 Å². The Morgan fingerprint density at radius 1 is 0.889 bits per heavy atom. The van der Waals surface area contributed by atoms with Crippen LogP contribution >= 0.6 is 0 Å². The Morgan fingerprint density at radius 2 is 1.44 bits per heavy atom. The molecule has 2 aromatic carbocycles. The van der Waals surface area contributed by atoms with E-state index in [4.69, 9.17) is 10.5 Å². The van der Waals surface area contributed by atoms with Crippen molar-refractivity contribution in [3.8, 4) is 11.1 Å². The first-order chi connectivity index (χ1) is 13.2. The zero-order chi connectivity index (χ0) is 19.1. The second-order valence-corrected chi connectivity index (χ2v) is 6.51. The molecule has 2 amide bonds. The summed E-state index contributed by atoms with van der Waals surface area (Å²) in [5, 5.41) is 5.45. The fourth-order valence-electron chi connectivity index (χ4n) is 3.39. The molecule has 3 rings (SSSR count). The third-order valence-corrected chi connectivity index (χ3v) is 4.72. The third-order valence-electron chi connectivity index (χ3n) is 4.72. The lowest BCUT2D eigenvalue weighted by Gasteiger charge is -2.14. The van der Waals surface area contributed by atoms with Crippen LogP contribution in [0.2, 0.25) is 0 Å². The van der Waals surface area contributed by atoms with Crippen LogP contribution in [0.1, 0.15) is 29.9 Å². The van der Waals surface area contributed by atoms with Gasteiger partial charge in [0.25, 0.3) is 0 Å². The Balaban J connectivity index is 1.45. The van der Waals surface area contributed by atoms with Gasteiger partial charge in [-0.05, 0) is 35.1 Å². The topological polar surface area (TPSA) is 93.5 Å². The molecule has 0 bridgehead atoms. The number of hydrogen-bond donors (Lipinski definition) is 3. The van der Waals surface area contributed by atoms with Crippen LogP contribution in [-0.2, 0) is 9.53 Å². The molecule has 0 aliphatic heterocycles. The van der Waals surface area contributed by atoms with Gasteiger partial charge in [-0.1, -0.05) is 48.5 Å². The Hall–Kier alpha value is -2.86. The zero-order valence-electron chi connectivity index (χ0n) is 15.2. The summed E-state index contributed by atoms with van der Waals surface area (Å²) in [6.07, 6.45) is 1.12. The van der Waals surface area contributed by atoms with Crippen molar-refractivity contribution in [1.29, 1.82) is 0 Å². The van der Waals surface area contributed by atoms with Gasteiger partial charge < -0.3 is 21.1 Å². The number of ether oxygens (including phenoxy) is 1. The second kappa shape index (κ2) is 9.19. The Kier molecular flexibility index (Phi) is 6.44. The standard InChI is InChI=1S/C21H25N3O3/c22-13-20(25)23-11-5-6-12-24-21(26)27-14-19-17-9-3-1-7-15(17)16-8-2-4-10-18(16)19/h1-4,7-10,19H,5-6,11-14,22H2,(H,23,25)(H,24,26). The highest BCUT2D eigenvalue weighted by atomic mass is 16.5. The average molecular weight is 367 g/mol. The average Bonchev–Trinajstić information content (AvgIpc) is 3.02. The summed E-state index contributed by atoms with van der Waals surface area (Å²) >= 11 is 0. The van der Waals surface area contributed by atoms with E-state index >= 15 is 0 Å². The Labute approximate surface area is 159 Å². The number of benzene rings is 2. The maximum absolute atomic E-state index is 12.0. The molecule has 0 radical (unpaired) electrons. The van der Waals surface area contributed by atoms with Crippen molar-refractivity contribution in [2.45, 2.75) is 18.8 Å². The van der Waals surface area contributed by atoms with Crippen molar-refractivity contribution in [2.75, 3.05) is 26.2 Å². The zero-order valence-corrected chi connectivity index (χ0v) is 15.2. The van der Waals surface area contributed by atoms with Crippen molar-refractivity contribution in [1.82, 2.24) is 10.6 Å². The predicted octanol–water partition coefficient (Wildman–Crippen LogP) is 2.38. The molecular weight excluding hydrogens is 342 g/mol. The number of carbonyl (C=O) groups is 2. The van der Waals surface area contributed by atoms with E-state index in [0.29, 0.717) is 19.7 Å². The van der Waals surface area contributed by atoms with Gasteiger partial charge in [0, 0.05) is 19.0 Å². The van der Waals surface area contributed by atoms with E-state index in [1.54, 1.807) is 0 Å². The SMILES string of the molecule is NCC(=O)NCCCCNC(=O)OCC1c2ccccc2-c2ccccc21. The molecule has 0 saturated carbocycles. The van der Waals surface area contributed by atoms with Crippen molar-refractivity contribution in [3.63, 3.8) is 0 Å². The molecule has 0 unspecified atom stereocenters. The van der Waals surface area contributed by atoms with Gasteiger partial charge in [-0.2, -0.15) is 0 Å². The minimum absolute atomic E-state index is 0.00198. The first-order valence-corrected chi connectivity index (χ1v) is 9.26. The lowest BCUT2D eigenvalue weighted by atomic mass is 9.98. The van der Waals surface area contributed by atoms with E-state index < -0.39 is 6.09 Å². The van der Waals surface area contributed by atoms with Gasteiger partial charge in [-0.25, -0.2) is 4.79 Å². The number of rotatable bonds is 8. The fourth-order valence-corrected chi connectivity index (χ4v) is 3.39. The fraction of sp³-hybridized carbons (Fsp3) is 0.333. The molecule has 142 valence electrons. The highest BCUT2D eigenvalue weighted by molar-refractivity contribution is 5.79. The van der Waals surface area contributed by atoms with Crippen molar-refractivity contribution >= 4 is 12.0 Å². The maximum atomic E-state index is 12.0. The van der Waals surface area contributed by atoms with E-state index in [1.807, 2.05) is 24.3 Å². The van der Waals surface area contributed by atoms with Gasteiger partial charge in [0.05, 0.1) is 6.54 Å². The summed E-state index contributed by atoms with van der Waals surface area (Å²) in [6.45, 7) is 1.38. The largest absolute Gasteiger partial charge is 0.449 e. The van der Waals surface area contributed by atoms with E-state index in [1.165, 1.54) is 22.3 Å². The van der Waals surface area contributed by atoms with Crippen molar-refractivity contribution in [3.05, 3.63) is 59.7 Å². The van der Waals surface area contributed by atoms with Crippen LogP contribution in [-0.4, -0.2) is 38.2 Å². The predicted molar refractivity (Wildman–Crippen MR) is 104 cm³/mol. The molecule has 1 aliphatic carbocycles. The Morgan fingerprint density at radius 3 is 2.04 bits per heavy atom. The molecule has 6 nitrogen and oxygen atoms in total. The summed E-state index contributed by atoms with van der Waals surface area (Å²) in [5.74, 6) is -0.103. The summed E-state index contributed by atoms with van der Waals surface area (Å²) < 4.78 is 5.47. The van der Waals surface area contributed by atoms with Crippen LogP contribution < -0.4 is 16.4 Å². The highest BCUT2D eigenvalue weighted by Gasteiger charge is 2.28. The number of fused-ring (bicyclic) bond motifs is 3. The molecule has 6 heteroatoms. The molecule has 0 spiro atoms. The molecule has 0 atom stereocenters. The number of alkyl carbamates (subject to hydrolysis) is 1. The summed E-state index contributed by atoms with van der Waals surface area (Å²) in [7, 11) is 0. The van der Waals surface area contributed by atoms with Gasteiger partial charge in [-0.15, -0.1) is 0 Å².